The Labute approximate surface area is 212 Å². The van der Waals surface area contributed by atoms with E-state index in [4.69, 9.17) is 10.8 Å². The van der Waals surface area contributed by atoms with Crippen molar-refractivity contribution in [3.05, 3.63) is 35.9 Å². The summed E-state index contributed by atoms with van der Waals surface area (Å²) in [6, 6.07) is 2.01. The summed E-state index contributed by atoms with van der Waals surface area (Å²) in [5.41, 5.74) is 6.05. The van der Waals surface area contributed by atoms with Crippen LogP contribution in [0, 0.1) is 0 Å². The van der Waals surface area contributed by atoms with E-state index < -0.39 is 79.6 Å². The van der Waals surface area contributed by atoms with Gasteiger partial charge in [0, 0.05) is 13.0 Å². The highest BCUT2D eigenvalue weighted by Gasteiger charge is 2.38. The van der Waals surface area contributed by atoms with E-state index in [-0.39, 0.29) is 19.4 Å². The van der Waals surface area contributed by atoms with Gasteiger partial charge in [0.25, 0.3) is 0 Å². The van der Waals surface area contributed by atoms with Gasteiger partial charge in [-0.1, -0.05) is 30.3 Å². The molecular weight excluding hydrogens is 490 g/mol. The maximum absolute atomic E-state index is 13.3. The van der Waals surface area contributed by atoms with Gasteiger partial charge < -0.3 is 47.0 Å². The molecule has 1 saturated heterocycles. The van der Waals surface area contributed by atoms with Gasteiger partial charge in [0.15, 0.2) is 0 Å². The van der Waals surface area contributed by atoms with Gasteiger partial charge in [-0.25, -0.2) is 4.79 Å². The van der Waals surface area contributed by atoms with Crippen molar-refractivity contribution < 1.29 is 44.4 Å². The second-order valence-electron chi connectivity index (χ2n) is 8.56. The molecule has 0 spiro atoms. The number of nitrogens with zero attached hydrogens (tertiary/aromatic N) is 1. The molecule has 1 fully saturated rings. The van der Waals surface area contributed by atoms with Crippen LogP contribution in [0.15, 0.2) is 30.3 Å². The van der Waals surface area contributed by atoms with Gasteiger partial charge in [0.05, 0.1) is 19.8 Å². The second-order valence-corrected chi connectivity index (χ2v) is 8.56. The third-order valence-corrected chi connectivity index (χ3v) is 5.88. The van der Waals surface area contributed by atoms with Gasteiger partial charge in [-0.3, -0.25) is 19.2 Å². The number of hydrogen-bond donors (Lipinski definition) is 8. The molecule has 5 atom stereocenters. The highest BCUT2D eigenvalue weighted by Crippen LogP contribution is 2.19. The van der Waals surface area contributed by atoms with Crippen molar-refractivity contribution in [1.29, 1.82) is 0 Å². The van der Waals surface area contributed by atoms with E-state index in [2.05, 4.69) is 16.0 Å². The number of benzene rings is 1. The zero-order chi connectivity index (χ0) is 27.5. The van der Waals surface area contributed by atoms with Gasteiger partial charge in [-0.05, 0) is 18.4 Å². The Balaban J connectivity index is 2.16. The summed E-state index contributed by atoms with van der Waals surface area (Å²) < 4.78 is 0. The maximum Gasteiger partial charge on any atom is 0.326 e. The van der Waals surface area contributed by atoms with Crippen LogP contribution in [-0.2, 0) is 30.4 Å². The normalized spacial score (nSPS) is 18.3. The van der Waals surface area contributed by atoms with Crippen LogP contribution in [0.1, 0.15) is 18.4 Å². The van der Waals surface area contributed by atoms with Gasteiger partial charge in [-0.15, -0.1) is 0 Å². The van der Waals surface area contributed by atoms with Crippen molar-refractivity contribution in [3.8, 4) is 0 Å². The molecule has 0 aromatic heterocycles. The molecule has 1 aliphatic rings. The first-order valence-corrected chi connectivity index (χ1v) is 11.7. The molecule has 204 valence electrons. The van der Waals surface area contributed by atoms with Crippen LogP contribution in [0.2, 0.25) is 0 Å². The number of nitrogens with two attached hydrogens (primary N) is 1. The monoisotopic (exact) mass is 523 g/mol. The van der Waals surface area contributed by atoms with Crippen molar-refractivity contribution in [3.63, 3.8) is 0 Å². The minimum absolute atomic E-state index is 0.0225. The number of likely N-dealkylation sites (tertiary alicyclic amines) is 1. The van der Waals surface area contributed by atoms with Crippen molar-refractivity contribution >= 4 is 29.6 Å². The number of nitrogens with one attached hydrogen (secondary N) is 3. The van der Waals surface area contributed by atoms with E-state index in [0.717, 1.165) is 0 Å². The molecule has 4 amide bonds. The minimum Gasteiger partial charge on any atom is -0.480 e. The Hall–Kier alpha value is -3.59. The van der Waals surface area contributed by atoms with E-state index in [1.54, 1.807) is 30.3 Å². The largest absolute Gasteiger partial charge is 0.480 e. The third kappa shape index (κ3) is 8.21. The Morgan fingerprint density at radius 3 is 1.92 bits per heavy atom. The van der Waals surface area contributed by atoms with E-state index >= 15 is 0 Å². The van der Waals surface area contributed by atoms with E-state index in [9.17, 15) is 39.3 Å². The molecule has 1 aromatic rings. The Kier molecular flexibility index (Phi) is 11.4. The summed E-state index contributed by atoms with van der Waals surface area (Å²) >= 11 is 0. The molecule has 0 unspecified atom stereocenters. The molecule has 0 aliphatic carbocycles. The molecule has 2 rings (SSSR count). The smallest absolute Gasteiger partial charge is 0.326 e. The lowest BCUT2D eigenvalue weighted by Gasteiger charge is -2.29. The number of aliphatic hydroxyl groups is 3. The number of carbonyl (C=O) groups excluding carboxylic acids is 4. The first kappa shape index (κ1) is 29.6. The summed E-state index contributed by atoms with van der Waals surface area (Å²) in [7, 11) is 0. The number of carbonyl (C=O) groups is 5. The van der Waals surface area contributed by atoms with Crippen LogP contribution < -0.4 is 21.7 Å². The SMILES string of the molecule is N[C@@H](CO)C(=O)N[C@@H](CO)C(=O)N[C@@H](CO)C(=O)N[C@@H](Cc1ccccc1)C(=O)N1CCC[C@H]1C(=O)O. The zero-order valence-corrected chi connectivity index (χ0v) is 20.1. The van der Waals surface area contributed by atoms with Gasteiger partial charge in [0.1, 0.15) is 30.2 Å². The first-order valence-electron chi connectivity index (χ1n) is 11.7. The van der Waals surface area contributed by atoms with Crippen LogP contribution in [-0.4, -0.2) is 111 Å². The van der Waals surface area contributed by atoms with E-state index in [1.165, 1.54) is 4.90 Å². The maximum atomic E-state index is 13.3. The minimum atomic E-state index is -1.56. The lowest BCUT2D eigenvalue weighted by Crippen LogP contribution is -2.60. The average Bonchev–Trinajstić information content (AvgIpc) is 3.39. The fraction of sp³-hybridized carbons (Fsp3) is 0.522. The molecule has 14 heteroatoms. The first-order chi connectivity index (χ1) is 17.6. The van der Waals surface area contributed by atoms with Crippen LogP contribution in [0.25, 0.3) is 0 Å². The molecule has 37 heavy (non-hydrogen) atoms. The Morgan fingerprint density at radius 2 is 1.41 bits per heavy atom. The van der Waals surface area contributed by atoms with Crippen LogP contribution in [0.4, 0.5) is 0 Å². The fourth-order valence-corrected chi connectivity index (χ4v) is 3.83. The fourth-order valence-electron chi connectivity index (χ4n) is 3.83. The molecular formula is C23H33N5O9. The predicted molar refractivity (Wildman–Crippen MR) is 128 cm³/mol. The molecule has 0 bridgehead atoms. The topological polar surface area (TPSA) is 232 Å². The number of aliphatic hydroxyl groups excluding tert-OH is 3. The molecule has 9 N–H and O–H groups in total. The van der Waals surface area contributed by atoms with Gasteiger partial charge >= 0.3 is 5.97 Å². The lowest BCUT2D eigenvalue weighted by atomic mass is 10.0. The highest BCUT2D eigenvalue weighted by atomic mass is 16.4. The number of carboxylic acid groups (broad SMARTS) is 1. The van der Waals surface area contributed by atoms with Crippen LogP contribution in [0.5, 0.6) is 0 Å². The van der Waals surface area contributed by atoms with Crippen LogP contribution >= 0.6 is 0 Å². The average molecular weight is 524 g/mol. The number of hydrogen-bond acceptors (Lipinski definition) is 9. The Morgan fingerprint density at radius 1 is 0.865 bits per heavy atom. The van der Waals surface area contributed by atoms with Crippen molar-refractivity contribution in [2.45, 2.75) is 49.5 Å². The molecule has 0 radical (unpaired) electrons. The standard InChI is InChI=1S/C23H33N5O9/c24-14(10-29)19(32)26-16(11-30)21(34)27-17(12-31)20(33)25-15(9-13-5-2-1-3-6-13)22(35)28-8-4-7-18(28)23(36)37/h1-3,5-6,14-18,29-31H,4,7-12,24H2,(H,25,33)(H,26,32)(H,27,34)(H,36,37)/t14-,15-,16-,17-,18-/m0/s1. The van der Waals surface area contributed by atoms with Crippen molar-refractivity contribution in [2.24, 2.45) is 5.73 Å². The van der Waals surface area contributed by atoms with E-state index in [1.807, 2.05) is 0 Å². The summed E-state index contributed by atoms with van der Waals surface area (Å²) in [5.74, 6) is -4.66. The summed E-state index contributed by atoms with van der Waals surface area (Å²) in [6.07, 6.45) is 0.781. The quantitative estimate of drug-likeness (QED) is 0.125. The molecule has 1 heterocycles. The zero-order valence-electron chi connectivity index (χ0n) is 20.1. The number of amides is 4. The number of aliphatic carboxylic acids is 1. The molecule has 1 aromatic carbocycles. The van der Waals surface area contributed by atoms with E-state index in [0.29, 0.717) is 12.0 Å². The molecule has 14 nitrogen and oxygen atoms in total. The van der Waals surface area contributed by atoms with Crippen molar-refractivity contribution in [1.82, 2.24) is 20.9 Å². The Bertz CT molecular complexity index is 961. The molecule has 0 saturated carbocycles. The predicted octanol–water partition coefficient (Wildman–Crippen LogP) is -3.94. The van der Waals surface area contributed by atoms with Gasteiger partial charge in [0.2, 0.25) is 23.6 Å². The summed E-state index contributed by atoms with van der Waals surface area (Å²) in [4.78, 5) is 63.4. The van der Waals surface area contributed by atoms with Crippen LogP contribution in [0.3, 0.4) is 0 Å². The van der Waals surface area contributed by atoms with Crippen molar-refractivity contribution in [2.75, 3.05) is 26.4 Å². The highest BCUT2D eigenvalue weighted by molar-refractivity contribution is 5.95. The summed E-state index contributed by atoms with van der Waals surface area (Å²) in [5, 5.41) is 44.4. The molecule has 1 aliphatic heterocycles. The summed E-state index contributed by atoms with van der Waals surface area (Å²) in [6.45, 7) is -2.25. The van der Waals surface area contributed by atoms with Gasteiger partial charge in [-0.2, -0.15) is 0 Å². The second kappa shape index (κ2) is 14.2. The lowest BCUT2D eigenvalue weighted by molar-refractivity contribution is -0.149. The number of rotatable bonds is 13. The third-order valence-electron chi connectivity index (χ3n) is 5.88. The number of carboxylic acids is 1.